The summed E-state index contributed by atoms with van der Waals surface area (Å²) in [5, 5.41) is 4.18. The van der Waals surface area contributed by atoms with Crippen LogP contribution in [0, 0.1) is 31.6 Å². The third kappa shape index (κ3) is 3.45. The summed E-state index contributed by atoms with van der Waals surface area (Å²) in [5.41, 5.74) is 3.80. The molecule has 4 bridgehead atoms. The standard InChI is InChI=1S/C24H29NO4/c1-14-3-4-20-19(12-29-23(20)15(14)2)8-22(27)28-13-21(26)25-24-9-16-5-17(10-24)7-18(6-16)11-24/h3-4,12,16-18H,5-11,13H2,1-2H3,(H,25,26). The van der Waals surface area contributed by atoms with Gasteiger partial charge in [0.15, 0.2) is 6.61 Å². The second kappa shape index (κ2) is 6.89. The minimum atomic E-state index is -0.397. The first kappa shape index (κ1) is 18.7. The Labute approximate surface area is 171 Å². The van der Waals surface area contributed by atoms with Gasteiger partial charge in [-0.25, -0.2) is 0 Å². The minimum absolute atomic E-state index is 0.0472. The maximum Gasteiger partial charge on any atom is 0.310 e. The van der Waals surface area contributed by atoms with Crippen molar-refractivity contribution in [3.63, 3.8) is 0 Å². The Morgan fingerprint density at radius 3 is 2.41 bits per heavy atom. The predicted molar refractivity (Wildman–Crippen MR) is 109 cm³/mol. The van der Waals surface area contributed by atoms with Gasteiger partial charge in [0.25, 0.3) is 5.91 Å². The van der Waals surface area contributed by atoms with E-state index in [0.717, 1.165) is 64.7 Å². The first-order valence-electron chi connectivity index (χ1n) is 10.8. The molecule has 4 aliphatic carbocycles. The molecule has 1 aromatic heterocycles. The zero-order chi connectivity index (χ0) is 20.2. The monoisotopic (exact) mass is 395 g/mol. The molecular formula is C24H29NO4. The van der Waals surface area contributed by atoms with E-state index in [9.17, 15) is 9.59 Å². The molecule has 0 spiro atoms. The van der Waals surface area contributed by atoms with Gasteiger partial charge in [-0.15, -0.1) is 0 Å². The number of rotatable bonds is 5. The third-order valence-electron chi connectivity index (χ3n) is 7.48. The summed E-state index contributed by atoms with van der Waals surface area (Å²) in [4.78, 5) is 24.9. The van der Waals surface area contributed by atoms with Gasteiger partial charge in [-0.2, -0.15) is 0 Å². The molecule has 5 nitrogen and oxygen atoms in total. The van der Waals surface area contributed by atoms with Gasteiger partial charge in [0.2, 0.25) is 0 Å². The number of nitrogens with one attached hydrogen (secondary N) is 1. The fraction of sp³-hybridized carbons (Fsp3) is 0.583. The quantitative estimate of drug-likeness (QED) is 0.770. The number of ether oxygens (including phenoxy) is 1. The number of carbonyl (C=O) groups excluding carboxylic acids is 2. The zero-order valence-electron chi connectivity index (χ0n) is 17.3. The molecule has 0 unspecified atom stereocenters. The van der Waals surface area contributed by atoms with Crippen LogP contribution in [0.1, 0.15) is 55.2 Å². The maximum atomic E-state index is 12.5. The second-order valence-electron chi connectivity index (χ2n) is 9.73. The van der Waals surface area contributed by atoms with Crippen LogP contribution in [0.15, 0.2) is 22.8 Å². The molecule has 0 aliphatic heterocycles. The average molecular weight is 395 g/mol. The lowest BCUT2D eigenvalue weighted by Crippen LogP contribution is -2.60. The highest BCUT2D eigenvalue weighted by atomic mass is 16.5. The van der Waals surface area contributed by atoms with Crippen LogP contribution >= 0.6 is 0 Å². The number of furan rings is 1. The van der Waals surface area contributed by atoms with Gasteiger partial charge in [-0.3, -0.25) is 9.59 Å². The van der Waals surface area contributed by atoms with Crippen molar-refractivity contribution in [1.29, 1.82) is 0 Å². The topological polar surface area (TPSA) is 68.5 Å². The van der Waals surface area contributed by atoms with Crippen LogP contribution < -0.4 is 5.32 Å². The highest BCUT2D eigenvalue weighted by Crippen LogP contribution is 2.55. The lowest BCUT2D eigenvalue weighted by molar-refractivity contribution is -0.149. The van der Waals surface area contributed by atoms with E-state index in [4.69, 9.17) is 9.15 Å². The molecule has 154 valence electrons. The van der Waals surface area contributed by atoms with E-state index in [1.807, 2.05) is 26.0 Å². The molecule has 2 aromatic rings. The number of hydrogen-bond donors (Lipinski definition) is 1. The minimum Gasteiger partial charge on any atom is -0.464 e. The first-order valence-corrected chi connectivity index (χ1v) is 10.8. The van der Waals surface area contributed by atoms with Crippen molar-refractivity contribution >= 4 is 22.8 Å². The Balaban J connectivity index is 1.17. The number of hydrogen-bond acceptors (Lipinski definition) is 4. The highest BCUT2D eigenvalue weighted by molar-refractivity contribution is 5.89. The van der Waals surface area contributed by atoms with E-state index >= 15 is 0 Å². The Morgan fingerprint density at radius 1 is 1.10 bits per heavy atom. The van der Waals surface area contributed by atoms with Crippen LogP contribution in [0.4, 0.5) is 0 Å². The van der Waals surface area contributed by atoms with Crippen LogP contribution in [0.2, 0.25) is 0 Å². The molecule has 1 heterocycles. The van der Waals surface area contributed by atoms with E-state index in [-0.39, 0.29) is 24.5 Å². The summed E-state index contributed by atoms with van der Waals surface area (Å²) in [5.74, 6) is 1.75. The smallest absolute Gasteiger partial charge is 0.310 e. The van der Waals surface area contributed by atoms with Crippen molar-refractivity contribution in [1.82, 2.24) is 5.32 Å². The van der Waals surface area contributed by atoms with Crippen LogP contribution in [0.5, 0.6) is 0 Å². The SMILES string of the molecule is Cc1ccc2c(CC(=O)OCC(=O)NC34CC5CC(CC(C5)C3)C4)coc2c1C. The lowest BCUT2D eigenvalue weighted by Gasteiger charge is -2.56. The Morgan fingerprint density at radius 2 is 1.76 bits per heavy atom. The number of amides is 1. The van der Waals surface area contributed by atoms with Crippen LogP contribution in [0.3, 0.4) is 0 Å². The largest absolute Gasteiger partial charge is 0.464 e. The van der Waals surface area contributed by atoms with Crippen LogP contribution in [0.25, 0.3) is 11.0 Å². The molecule has 1 N–H and O–H groups in total. The molecule has 29 heavy (non-hydrogen) atoms. The van der Waals surface area contributed by atoms with Crippen molar-refractivity contribution in [2.24, 2.45) is 17.8 Å². The van der Waals surface area contributed by atoms with Crippen molar-refractivity contribution in [2.45, 2.75) is 64.3 Å². The van der Waals surface area contributed by atoms with Gasteiger partial charge in [0.05, 0.1) is 12.7 Å². The summed E-state index contributed by atoms with van der Waals surface area (Å²) < 4.78 is 11.0. The zero-order valence-corrected chi connectivity index (χ0v) is 17.3. The highest BCUT2D eigenvalue weighted by Gasteiger charge is 2.51. The Bertz CT molecular complexity index is 937. The van der Waals surface area contributed by atoms with E-state index in [2.05, 4.69) is 5.32 Å². The Kier molecular flexibility index (Phi) is 4.45. The van der Waals surface area contributed by atoms with E-state index in [1.165, 1.54) is 19.3 Å². The van der Waals surface area contributed by atoms with E-state index in [0.29, 0.717) is 0 Å². The molecule has 4 saturated carbocycles. The van der Waals surface area contributed by atoms with Crippen molar-refractivity contribution in [3.8, 4) is 0 Å². The first-order chi connectivity index (χ1) is 13.9. The van der Waals surface area contributed by atoms with Gasteiger partial charge < -0.3 is 14.5 Å². The maximum absolute atomic E-state index is 12.5. The molecule has 1 aromatic carbocycles. The fourth-order valence-electron chi connectivity index (χ4n) is 6.47. The molecular weight excluding hydrogens is 366 g/mol. The van der Waals surface area contributed by atoms with E-state index in [1.54, 1.807) is 6.26 Å². The van der Waals surface area contributed by atoms with Gasteiger partial charge >= 0.3 is 5.97 Å². The summed E-state index contributed by atoms with van der Waals surface area (Å²) in [6.07, 6.45) is 9.02. The molecule has 1 amide bonds. The van der Waals surface area contributed by atoms with E-state index < -0.39 is 5.97 Å². The van der Waals surface area contributed by atoms with Crippen LogP contribution in [-0.2, 0) is 20.7 Å². The lowest BCUT2D eigenvalue weighted by atomic mass is 9.53. The number of esters is 1. The average Bonchev–Trinajstić information content (AvgIpc) is 3.05. The number of carbonyl (C=O) groups is 2. The normalized spacial score (nSPS) is 29.9. The van der Waals surface area contributed by atoms with Crippen molar-refractivity contribution in [2.75, 3.05) is 6.61 Å². The van der Waals surface area contributed by atoms with Gasteiger partial charge in [0.1, 0.15) is 5.58 Å². The third-order valence-corrected chi connectivity index (χ3v) is 7.48. The van der Waals surface area contributed by atoms with Gasteiger partial charge in [0, 0.05) is 16.5 Å². The summed E-state index contributed by atoms with van der Waals surface area (Å²) in [6, 6.07) is 4.00. The van der Waals surface area contributed by atoms with Crippen molar-refractivity contribution in [3.05, 3.63) is 35.1 Å². The second-order valence-corrected chi connectivity index (χ2v) is 9.73. The van der Waals surface area contributed by atoms with Crippen molar-refractivity contribution < 1.29 is 18.7 Å². The molecule has 6 rings (SSSR count). The summed E-state index contributed by atoms with van der Waals surface area (Å²) in [7, 11) is 0. The summed E-state index contributed by atoms with van der Waals surface area (Å²) in [6.45, 7) is 3.85. The number of fused-ring (bicyclic) bond motifs is 1. The molecule has 4 fully saturated rings. The molecule has 0 saturated heterocycles. The molecule has 4 aliphatic rings. The molecule has 0 radical (unpaired) electrons. The predicted octanol–water partition coefficient (Wildman–Crippen LogP) is 4.22. The number of benzene rings is 1. The fourth-order valence-corrected chi connectivity index (χ4v) is 6.47. The Hall–Kier alpha value is -2.30. The number of aryl methyl sites for hydroxylation is 2. The summed E-state index contributed by atoms with van der Waals surface area (Å²) >= 11 is 0. The van der Waals surface area contributed by atoms with Gasteiger partial charge in [-0.1, -0.05) is 12.1 Å². The molecule has 5 heteroatoms. The molecule has 0 atom stereocenters. The van der Waals surface area contributed by atoms with Crippen LogP contribution in [-0.4, -0.2) is 24.0 Å². The van der Waals surface area contributed by atoms with Gasteiger partial charge in [-0.05, 0) is 81.3 Å².